The van der Waals surface area contributed by atoms with Gasteiger partial charge in [-0.15, -0.1) is 0 Å². The second-order valence-corrected chi connectivity index (χ2v) is 6.05. The molecule has 2 aromatic rings. The topological polar surface area (TPSA) is 52.3 Å². The van der Waals surface area contributed by atoms with Gasteiger partial charge in [0, 0.05) is 11.1 Å². The van der Waals surface area contributed by atoms with E-state index in [0.717, 1.165) is 21.7 Å². The molecule has 4 heteroatoms. The van der Waals surface area contributed by atoms with Crippen LogP contribution in [0.5, 0.6) is 0 Å². The molecule has 0 aliphatic carbocycles. The lowest BCUT2D eigenvalue weighted by atomic mass is 9.94. The van der Waals surface area contributed by atoms with E-state index in [1.165, 1.54) is 0 Å². The largest absolute Gasteiger partial charge is 0.466 e. The molecular formula is C19H22ClNO2. The van der Waals surface area contributed by atoms with Gasteiger partial charge in [0.1, 0.15) is 0 Å². The van der Waals surface area contributed by atoms with Crippen molar-refractivity contribution in [3.63, 3.8) is 0 Å². The Morgan fingerprint density at radius 2 is 1.87 bits per heavy atom. The summed E-state index contributed by atoms with van der Waals surface area (Å²) in [5, 5.41) is 0.719. The second kappa shape index (κ2) is 8.14. The predicted octanol–water partition coefficient (Wildman–Crippen LogP) is 4.08. The molecule has 2 N–H and O–H groups in total. The second-order valence-electron chi connectivity index (χ2n) is 5.62. The molecule has 0 spiro atoms. The van der Waals surface area contributed by atoms with Gasteiger partial charge in [-0.3, -0.25) is 4.79 Å². The number of carbonyl (C=O) groups is 1. The van der Waals surface area contributed by atoms with Crippen LogP contribution >= 0.6 is 11.6 Å². The highest BCUT2D eigenvalue weighted by Gasteiger charge is 2.22. The van der Waals surface area contributed by atoms with Crippen LogP contribution in [0.15, 0.2) is 48.5 Å². The number of rotatable bonds is 6. The first kappa shape index (κ1) is 17.5. The molecule has 0 heterocycles. The van der Waals surface area contributed by atoms with Gasteiger partial charge in [0.25, 0.3) is 0 Å². The molecular weight excluding hydrogens is 310 g/mol. The Bertz CT molecular complexity index is 655. The lowest BCUT2D eigenvalue weighted by molar-refractivity contribution is -0.148. The third-order valence-corrected chi connectivity index (χ3v) is 4.12. The molecule has 0 fully saturated rings. The minimum atomic E-state index is -0.317. The maximum absolute atomic E-state index is 11.7. The molecule has 3 nitrogen and oxygen atoms in total. The fourth-order valence-corrected chi connectivity index (χ4v) is 2.59. The Hall–Kier alpha value is -1.84. The van der Waals surface area contributed by atoms with E-state index in [9.17, 15) is 4.79 Å². The molecule has 0 aliphatic heterocycles. The summed E-state index contributed by atoms with van der Waals surface area (Å²) >= 11 is 6.02. The van der Waals surface area contributed by atoms with Gasteiger partial charge in [0.15, 0.2) is 0 Å². The highest BCUT2D eigenvalue weighted by atomic mass is 35.5. The molecule has 0 saturated carbocycles. The monoisotopic (exact) mass is 331 g/mol. The summed E-state index contributed by atoms with van der Waals surface area (Å²) in [6.07, 6.45) is 0.635. The maximum atomic E-state index is 11.7. The van der Waals surface area contributed by atoms with Crippen molar-refractivity contribution in [2.24, 2.45) is 11.7 Å². The van der Waals surface area contributed by atoms with E-state index in [0.29, 0.717) is 13.0 Å². The van der Waals surface area contributed by atoms with Gasteiger partial charge < -0.3 is 10.5 Å². The number of hydrogen-bond acceptors (Lipinski definition) is 3. The highest BCUT2D eigenvalue weighted by Crippen LogP contribution is 2.23. The number of carbonyl (C=O) groups excluding carboxylic acids is 1. The van der Waals surface area contributed by atoms with Crippen molar-refractivity contribution < 1.29 is 9.53 Å². The summed E-state index contributed by atoms with van der Waals surface area (Å²) < 4.78 is 5.02. The summed E-state index contributed by atoms with van der Waals surface area (Å²) in [6, 6.07) is 15.7. The van der Waals surface area contributed by atoms with Crippen LogP contribution in [0.3, 0.4) is 0 Å². The first-order valence-corrected chi connectivity index (χ1v) is 8.16. The number of benzene rings is 2. The van der Waals surface area contributed by atoms with E-state index in [-0.39, 0.29) is 17.9 Å². The Morgan fingerprint density at radius 3 is 2.48 bits per heavy atom. The number of esters is 1. The molecule has 23 heavy (non-hydrogen) atoms. The normalized spacial score (nSPS) is 13.4. The Balaban J connectivity index is 2.04. The Morgan fingerprint density at radius 1 is 1.17 bits per heavy atom. The summed E-state index contributed by atoms with van der Waals surface area (Å²) in [6.45, 7) is 3.98. The van der Waals surface area contributed by atoms with Crippen molar-refractivity contribution in [3.05, 3.63) is 59.1 Å². The van der Waals surface area contributed by atoms with Crippen LogP contribution in [0, 0.1) is 5.92 Å². The number of ether oxygens (including phenoxy) is 1. The average molecular weight is 332 g/mol. The van der Waals surface area contributed by atoms with Gasteiger partial charge >= 0.3 is 5.97 Å². The minimum Gasteiger partial charge on any atom is -0.466 e. The lowest BCUT2D eigenvalue weighted by Gasteiger charge is -2.18. The van der Waals surface area contributed by atoms with Crippen molar-refractivity contribution in [1.29, 1.82) is 0 Å². The van der Waals surface area contributed by atoms with Crippen LogP contribution in [0.4, 0.5) is 0 Å². The third-order valence-electron chi connectivity index (χ3n) is 3.88. The molecule has 2 atom stereocenters. The van der Waals surface area contributed by atoms with Crippen molar-refractivity contribution >= 4 is 17.6 Å². The smallest absolute Gasteiger partial charge is 0.310 e. The van der Waals surface area contributed by atoms with Crippen LogP contribution in [-0.2, 0) is 16.0 Å². The standard InChI is InChI=1S/C19H22ClNO2/c1-3-23-19(22)13(2)18(21)11-14-7-9-15(10-8-14)16-5-4-6-17(20)12-16/h4-10,12-13,18H,3,11,21H2,1-2H3. The highest BCUT2D eigenvalue weighted by molar-refractivity contribution is 6.30. The molecule has 0 bridgehead atoms. The summed E-state index contributed by atoms with van der Waals surface area (Å²) in [4.78, 5) is 11.7. The molecule has 2 rings (SSSR count). The van der Waals surface area contributed by atoms with Crippen molar-refractivity contribution in [2.75, 3.05) is 6.61 Å². The van der Waals surface area contributed by atoms with Crippen molar-refractivity contribution in [3.8, 4) is 11.1 Å². The van der Waals surface area contributed by atoms with E-state index in [1.54, 1.807) is 6.92 Å². The van der Waals surface area contributed by atoms with Crippen LogP contribution < -0.4 is 5.73 Å². The predicted molar refractivity (Wildman–Crippen MR) is 94.4 cm³/mol. The van der Waals surface area contributed by atoms with Crippen molar-refractivity contribution in [2.45, 2.75) is 26.3 Å². The first-order valence-electron chi connectivity index (χ1n) is 7.78. The zero-order valence-corrected chi connectivity index (χ0v) is 14.2. The van der Waals surface area contributed by atoms with E-state index in [1.807, 2.05) is 55.5 Å². The molecule has 0 aliphatic rings. The fourth-order valence-electron chi connectivity index (χ4n) is 2.40. The van der Waals surface area contributed by atoms with E-state index in [4.69, 9.17) is 22.1 Å². The van der Waals surface area contributed by atoms with Gasteiger partial charge in [0.05, 0.1) is 12.5 Å². The van der Waals surface area contributed by atoms with Gasteiger partial charge in [0.2, 0.25) is 0 Å². The van der Waals surface area contributed by atoms with Gasteiger partial charge in [-0.25, -0.2) is 0 Å². The number of nitrogens with two attached hydrogens (primary N) is 1. The summed E-state index contributed by atoms with van der Waals surface area (Å²) in [5.41, 5.74) is 9.41. The molecule has 122 valence electrons. The molecule has 0 aromatic heterocycles. The molecule has 0 amide bonds. The molecule has 0 radical (unpaired) electrons. The maximum Gasteiger partial charge on any atom is 0.310 e. The zero-order valence-electron chi connectivity index (χ0n) is 13.5. The van der Waals surface area contributed by atoms with Crippen LogP contribution in [0.1, 0.15) is 19.4 Å². The Labute approximate surface area is 142 Å². The number of hydrogen-bond donors (Lipinski definition) is 1. The summed E-state index contributed by atoms with van der Waals surface area (Å²) in [7, 11) is 0. The SMILES string of the molecule is CCOC(=O)C(C)C(N)Cc1ccc(-c2cccc(Cl)c2)cc1. The van der Waals surface area contributed by atoms with E-state index >= 15 is 0 Å². The average Bonchev–Trinajstić information content (AvgIpc) is 2.55. The minimum absolute atomic E-state index is 0.240. The molecule has 0 saturated heterocycles. The van der Waals surface area contributed by atoms with Crippen molar-refractivity contribution in [1.82, 2.24) is 0 Å². The molecule has 2 unspecified atom stereocenters. The number of halogens is 1. The Kier molecular flexibility index (Phi) is 6.20. The quantitative estimate of drug-likeness (QED) is 0.811. The lowest BCUT2D eigenvalue weighted by Crippen LogP contribution is -2.36. The summed E-state index contributed by atoms with van der Waals surface area (Å²) in [5.74, 6) is -0.557. The van der Waals surface area contributed by atoms with Crippen LogP contribution in [0.2, 0.25) is 5.02 Å². The van der Waals surface area contributed by atoms with E-state index < -0.39 is 0 Å². The van der Waals surface area contributed by atoms with Crippen LogP contribution in [0.25, 0.3) is 11.1 Å². The molecule has 2 aromatic carbocycles. The van der Waals surface area contributed by atoms with Gasteiger partial charge in [-0.05, 0) is 42.2 Å². The fraction of sp³-hybridized carbons (Fsp3) is 0.316. The van der Waals surface area contributed by atoms with Gasteiger partial charge in [-0.2, -0.15) is 0 Å². The van der Waals surface area contributed by atoms with Crippen LogP contribution in [-0.4, -0.2) is 18.6 Å². The first-order chi connectivity index (χ1) is 11.0. The third kappa shape index (κ3) is 4.81. The van der Waals surface area contributed by atoms with E-state index in [2.05, 4.69) is 0 Å². The van der Waals surface area contributed by atoms with Gasteiger partial charge in [-0.1, -0.05) is 54.9 Å². The zero-order chi connectivity index (χ0) is 16.8.